The van der Waals surface area contributed by atoms with Crippen molar-refractivity contribution in [2.75, 3.05) is 13.2 Å². The van der Waals surface area contributed by atoms with Crippen LogP contribution in [-0.4, -0.2) is 37.9 Å². The Morgan fingerprint density at radius 1 is 0.767 bits per heavy atom. The smallest absolute Gasteiger partial charge is 1.00 e. The Bertz CT molecular complexity index is 710. The summed E-state index contributed by atoms with van der Waals surface area (Å²) in [5.41, 5.74) is 3.48. The van der Waals surface area contributed by atoms with Crippen molar-refractivity contribution in [2.24, 2.45) is 0 Å². The second-order valence-corrected chi connectivity index (χ2v) is 27.7. The van der Waals surface area contributed by atoms with E-state index in [4.69, 9.17) is 8.85 Å². The van der Waals surface area contributed by atoms with Crippen molar-refractivity contribution in [2.45, 2.75) is 78.1 Å². The third-order valence-electron chi connectivity index (χ3n) is 5.82. The van der Waals surface area contributed by atoms with Crippen LogP contribution >= 0.6 is 0 Å². The largest absolute Gasteiger partial charge is 1.00 e. The molecule has 0 saturated carbocycles. The van der Waals surface area contributed by atoms with Gasteiger partial charge in [-0.1, -0.05) is 0 Å². The zero-order valence-corrected chi connectivity index (χ0v) is 26.9. The molecule has 4 bridgehead atoms. The van der Waals surface area contributed by atoms with Crippen LogP contribution in [0, 0.1) is 0 Å². The van der Waals surface area contributed by atoms with Crippen LogP contribution in [0.3, 0.4) is 0 Å². The molecule has 0 unspecified atom stereocenters. The van der Waals surface area contributed by atoms with E-state index in [-0.39, 0.29) is 24.8 Å². The van der Waals surface area contributed by atoms with Crippen molar-refractivity contribution >= 4 is 24.7 Å². The van der Waals surface area contributed by atoms with Crippen molar-refractivity contribution in [1.82, 2.24) is 0 Å². The van der Waals surface area contributed by atoms with Gasteiger partial charge in [0.1, 0.15) is 0 Å². The molecule has 30 heavy (non-hydrogen) atoms. The predicted octanol–water partition coefficient (Wildman–Crippen LogP) is 0.529. The van der Waals surface area contributed by atoms with E-state index in [1.165, 1.54) is 12.8 Å². The van der Waals surface area contributed by atoms with E-state index in [2.05, 4.69) is 64.5 Å². The van der Waals surface area contributed by atoms with Crippen LogP contribution in [0.25, 0.3) is 0 Å². The summed E-state index contributed by atoms with van der Waals surface area (Å²) in [5.74, 6) is 0. The van der Waals surface area contributed by atoms with Crippen LogP contribution in [0.2, 0.25) is 52.4 Å². The van der Waals surface area contributed by atoms with E-state index in [0.29, 0.717) is 0 Å². The fraction of sp³-hybridized carbons (Fsp3) is 0.636. The Labute approximate surface area is 211 Å². The van der Waals surface area contributed by atoms with Crippen LogP contribution in [-0.2, 0) is 32.1 Å². The summed E-state index contributed by atoms with van der Waals surface area (Å²) in [7, 11) is -4.48. The topological polar surface area (TPSA) is 18.5 Å². The van der Waals surface area contributed by atoms with E-state index >= 15 is 0 Å². The number of hydrogen-bond donors (Lipinski definition) is 0. The minimum absolute atomic E-state index is 0. The summed E-state index contributed by atoms with van der Waals surface area (Å²) in [4.78, 5) is 0. The molecule has 0 radical (unpaired) electrons. The molecular weight excluding hydrogens is 543 g/mol. The summed E-state index contributed by atoms with van der Waals surface area (Å²) in [5, 5.41) is 3.50. The first-order valence-electron chi connectivity index (χ1n) is 10.8. The maximum atomic E-state index is 6.24. The summed E-state index contributed by atoms with van der Waals surface area (Å²) in [6, 6.07) is 0. The summed E-state index contributed by atoms with van der Waals surface area (Å²) in [6.07, 6.45) is 10.0. The molecule has 3 rings (SSSR count). The minimum atomic E-state index is -1.62. The van der Waals surface area contributed by atoms with Crippen molar-refractivity contribution in [3.63, 3.8) is 0 Å². The van der Waals surface area contributed by atoms with Gasteiger partial charge in [-0.25, -0.2) is 0 Å². The average Bonchev–Trinajstić information content (AvgIpc) is 3.12. The number of hydrogen-bond acceptors (Lipinski definition) is 2. The number of allylic oxidation sites excluding steroid dienone is 6. The van der Waals surface area contributed by atoms with Crippen molar-refractivity contribution in [3.05, 3.63) is 40.3 Å². The molecule has 3 aliphatic rings. The molecule has 0 aromatic heterocycles. The van der Waals surface area contributed by atoms with Gasteiger partial charge >= 0.3 is 188 Å². The number of halogens is 2. The Morgan fingerprint density at radius 3 is 1.47 bits per heavy atom. The molecule has 1 aliphatic heterocycles. The standard InChI is InChI=1S/C22H38O2Si3.2ClH.Zr/c1-25(2,3)23-17-15-19-11-9-13-21(19)27(7,8)22-14-10-12-20(22)16-18-24-26(4,5)6;;;/h13-14H,9-10,15-18H2,1-8H3;2*1H;/q;;;+2/p-2. The summed E-state index contributed by atoms with van der Waals surface area (Å²) >= 11 is -0.650. The van der Waals surface area contributed by atoms with E-state index in [1.807, 2.05) is 6.56 Å². The molecule has 0 aromatic carbocycles. The third-order valence-corrected chi connectivity index (χ3v) is 15.6. The van der Waals surface area contributed by atoms with Gasteiger partial charge in [0.2, 0.25) is 0 Å². The monoisotopic (exact) mass is 578 g/mol. The van der Waals surface area contributed by atoms with Gasteiger partial charge in [0.25, 0.3) is 0 Å². The molecule has 168 valence electrons. The second-order valence-electron chi connectivity index (χ2n) is 10.7. The van der Waals surface area contributed by atoms with E-state index in [1.54, 1.807) is 21.5 Å². The summed E-state index contributed by atoms with van der Waals surface area (Å²) < 4.78 is 16.2. The molecule has 0 atom stereocenters. The first-order chi connectivity index (χ1) is 12.9. The van der Waals surface area contributed by atoms with Crippen LogP contribution < -0.4 is 24.8 Å². The van der Waals surface area contributed by atoms with Gasteiger partial charge in [0, 0.05) is 0 Å². The van der Waals surface area contributed by atoms with Gasteiger partial charge in [-0.05, 0) is 0 Å². The number of fused-ring (bicyclic) bond motifs is 2. The minimum Gasteiger partial charge on any atom is -1.00 e. The van der Waals surface area contributed by atoms with Crippen molar-refractivity contribution < 1.29 is 56.9 Å². The van der Waals surface area contributed by atoms with E-state index in [0.717, 1.165) is 26.1 Å². The van der Waals surface area contributed by atoms with Crippen LogP contribution in [0.5, 0.6) is 0 Å². The third kappa shape index (κ3) is 6.99. The normalized spacial score (nSPS) is 19.7. The van der Waals surface area contributed by atoms with E-state index in [9.17, 15) is 0 Å². The van der Waals surface area contributed by atoms with Crippen LogP contribution in [0.15, 0.2) is 40.3 Å². The zero-order valence-electron chi connectivity index (χ0n) is 20.0. The fourth-order valence-electron chi connectivity index (χ4n) is 4.56. The second kappa shape index (κ2) is 10.9. The van der Waals surface area contributed by atoms with Gasteiger partial charge in [-0.2, -0.15) is 0 Å². The molecule has 0 aromatic rings. The maximum Gasteiger partial charge on any atom is -1.00 e. The molecule has 0 saturated heterocycles. The average molecular weight is 581 g/mol. The Kier molecular flexibility index (Phi) is 10.6. The van der Waals surface area contributed by atoms with E-state index < -0.39 is 47.9 Å². The van der Waals surface area contributed by atoms with Gasteiger partial charge in [0.05, 0.1) is 0 Å². The molecule has 0 N–H and O–H groups in total. The van der Waals surface area contributed by atoms with Gasteiger partial charge < -0.3 is 24.8 Å². The first kappa shape index (κ1) is 29.0. The Morgan fingerprint density at radius 2 is 1.13 bits per heavy atom. The summed E-state index contributed by atoms with van der Waals surface area (Å²) in [6.45, 7) is 20.8. The Balaban J connectivity index is 0.00000225. The van der Waals surface area contributed by atoms with Crippen molar-refractivity contribution in [1.29, 1.82) is 0 Å². The molecule has 0 fully saturated rings. The van der Waals surface area contributed by atoms with Crippen molar-refractivity contribution in [3.8, 4) is 0 Å². The maximum absolute atomic E-state index is 6.24. The molecular formula is C22H38Cl2O2Si3Zr. The molecule has 2 nitrogen and oxygen atoms in total. The van der Waals surface area contributed by atoms with Gasteiger partial charge in [0.15, 0.2) is 0 Å². The van der Waals surface area contributed by atoms with Crippen LogP contribution in [0.4, 0.5) is 0 Å². The number of rotatable bonds is 8. The Hall–Kier alpha value is 0.994. The van der Waals surface area contributed by atoms with Crippen LogP contribution in [0.1, 0.15) is 25.7 Å². The molecule has 0 spiro atoms. The quantitative estimate of drug-likeness (QED) is 0.390. The van der Waals surface area contributed by atoms with Gasteiger partial charge in [-0.3, -0.25) is 0 Å². The fourth-order valence-corrected chi connectivity index (χ4v) is 14.1. The molecule has 8 heteroatoms. The predicted molar refractivity (Wildman–Crippen MR) is 125 cm³/mol. The molecule has 0 amide bonds. The first-order valence-corrected chi connectivity index (χ1v) is 23.1. The molecule has 1 heterocycles. The SMILES string of the molecule is C[Si](C)(C)OCCC1=[C]2CC=C1[Si](C)(C)C1=CC[C](=C1CCO[Si](C)(C)C)[Zr+2]2.[Cl-].[Cl-]. The zero-order chi connectivity index (χ0) is 20.7. The molecule has 2 aliphatic carbocycles. The van der Waals surface area contributed by atoms with Gasteiger partial charge in [-0.15, -0.1) is 0 Å².